The Morgan fingerprint density at radius 3 is 2.92 bits per heavy atom. The van der Waals surface area contributed by atoms with Gasteiger partial charge in [-0.2, -0.15) is 10.2 Å². The standard InChI is InChI=1S/C25H20FN7O3/c26-16-3-5-22-17(11-16)19(6-9-36-22)33-23-21(31(25(33)35)7-1-8-34)13-28-24(30-23)32-14-29-18-4-2-15(12-27)10-20(18)32/h2-5,10-11,13-14,19,34H,1,6-9H2/t19-/m1/s1. The Morgan fingerprint density at radius 1 is 1.19 bits per heavy atom. The molecule has 0 saturated heterocycles. The molecule has 0 spiro atoms. The van der Waals surface area contributed by atoms with Gasteiger partial charge in [0, 0.05) is 25.1 Å². The van der Waals surface area contributed by atoms with Gasteiger partial charge < -0.3 is 9.84 Å². The highest BCUT2D eigenvalue weighted by Gasteiger charge is 2.29. The minimum atomic E-state index is -0.498. The lowest BCUT2D eigenvalue weighted by Crippen LogP contribution is -2.31. The maximum atomic E-state index is 14.2. The Bertz CT molecular complexity index is 1730. The molecule has 6 rings (SSSR count). The lowest BCUT2D eigenvalue weighted by molar-refractivity contribution is 0.254. The zero-order valence-electron chi connectivity index (χ0n) is 19.0. The third kappa shape index (κ3) is 3.42. The van der Waals surface area contributed by atoms with Gasteiger partial charge in [-0.15, -0.1) is 0 Å². The van der Waals surface area contributed by atoms with Crippen molar-refractivity contribution in [3.05, 3.63) is 76.4 Å². The molecule has 0 fully saturated rings. The van der Waals surface area contributed by atoms with E-state index in [1.165, 1.54) is 16.7 Å². The van der Waals surface area contributed by atoms with E-state index in [0.717, 1.165) is 0 Å². The highest BCUT2D eigenvalue weighted by molar-refractivity contribution is 5.79. The number of ether oxygens (including phenoxy) is 1. The van der Waals surface area contributed by atoms with Crippen LogP contribution in [-0.2, 0) is 6.54 Å². The molecule has 0 bridgehead atoms. The van der Waals surface area contributed by atoms with Crippen LogP contribution in [0.3, 0.4) is 0 Å². The van der Waals surface area contributed by atoms with Crippen LogP contribution in [0.15, 0.2) is 53.7 Å². The van der Waals surface area contributed by atoms with Crippen LogP contribution in [0.25, 0.3) is 28.1 Å². The van der Waals surface area contributed by atoms with Gasteiger partial charge in [-0.1, -0.05) is 0 Å². The Kier molecular flexibility index (Phi) is 5.23. The van der Waals surface area contributed by atoms with Gasteiger partial charge in [-0.25, -0.2) is 19.2 Å². The van der Waals surface area contributed by atoms with Gasteiger partial charge >= 0.3 is 5.69 Å². The van der Waals surface area contributed by atoms with Gasteiger partial charge in [0.15, 0.2) is 5.65 Å². The third-order valence-electron chi connectivity index (χ3n) is 6.42. The Hall–Kier alpha value is -4.56. The number of hydrogen-bond donors (Lipinski definition) is 1. The van der Waals surface area contributed by atoms with Gasteiger partial charge in [0.05, 0.1) is 41.5 Å². The van der Waals surface area contributed by atoms with Crippen molar-refractivity contribution in [3.8, 4) is 17.8 Å². The average molecular weight is 485 g/mol. The smallest absolute Gasteiger partial charge is 0.330 e. The predicted octanol–water partition coefficient (Wildman–Crippen LogP) is 2.70. The average Bonchev–Trinajstić information content (AvgIpc) is 3.44. The lowest BCUT2D eigenvalue weighted by Gasteiger charge is -2.26. The second-order valence-corrected chi connectivity index (χ2v) is 8.53. The molecule has 4 heterocycles. The predicted molar refractivity (Wildman–Crippen MR) is 127 cm³/mol. The number of nitrogens with zero attached hydrogens (tertiary/aromatic N) is 7. The number of aromatic nitrogens is 6. The molecule has 1 N–H and O–H groups in total. The van der Waals surface area contributed by atoms with Crippen molar-refractivity contribution in [2.75, 3.05) is 13.2 Å². The number of nitriles is 1. The van der Waals surface area contributed by atoms with Gasteiger partial charge in [0.25, 0.3) is 0 Å². The van der Waals surface area contributed by atoms with Gasteiger partial charge in [-0.3, -0.25) is 13.7 Å². The van der Waals surface area contributed by atoms with Gasteiger partial charge in [-0.05, 0) is 42.8 Å². The lowest BCUT2D eigenvalue weighted by atomic mass is 10.00. The molecule has 11 heteroatoms. The molecule has 0 aliphatic carbocycles. The molecule has 1 atom stereocenters. The van der Waals surface area contributed by atoms with E-state index < -0.39 is 11.9 Å². The fourth-order valence-corrected chi connectivity index (χ4v) is 4.74. The zero-order valence-corrected chi connectivity index (χ0v) is 19.0. The number of aliphatic hydroxyl groups excluding tert-OH is 1. The normalized spacial score (nSPS) is 15.1. The van der Waals surface area contributed by atoms with Crippen molar-refractivity contribution in [2.24, 2.45) is 0 Å². The van der Waals surface area contributed by atoms with E-state index in [0.29, 0.717) is 58.5 Å². The van der Waals surface area contributed by atoms with E-state index in [9.17, 15) is 19.6 Å². The van der Waals surface area contributed by atoms with Gasteiger partial charge in [0.1, 0.15) is 23.4 Å². The summed E-state index contributed by atoms with van der Waals surface area (Å²) in [5, 5.41) is 18.7. The van der Waals surface area contributed by atoms with Crippen LogP contribution >= 0.6 is 0 Å². The number of halogens is 1. The van der Waals surface area contributed by atoms with Crippen LogP contribution in [0, 0.1) is 17.1 Å². The molecule has 180 valence electrons. The maximum Gasteiger partial charge on any atom is 0.330 e. The van der Waals surface area contributed by atoms with Crippen LogP contribution < -0.4 is 10.4 Å². The monoisotopic (exact) mass is 485 g/mol. The topological polar surface area (TPSA) is 124 Å². The van der Waals surface area contributed by atoms with E-state index in [-0.39, 0.29) is 24.8 Å². The number of rotatable bonds is 5. The van der Waals surface area contributed by atoms with Crippen molar-refractivity contribution in [1.82, 2.24) is 28.7 Å². The Labute approximate surface area is 203 Å². The van der Waals surface area contributed by atoms with E-state index in [1.807, 2.05) is 0 Å². The summed E-state index contributed by atoms with van der Waals surface area (Å²) in [6, 6.07) is 11.0. The van der Waals surface area contributed by atoms with Crippen molar-refractivity contribution >= 4 is 22.2 Å². The summed E-state index contributed by atoms with van der Waals surface area (Å²) in [6.07, 6.45) is 3.97. The highest BCUT2D eigenvalue weighted by atomic mass is 19.1. The van der Waals surface area contributed by atoms with Crippen molar-refractivity contribution < 1.29 is 14.2 Å². The molecule has 2 aromatic carbocycles. The van der Waals surface area contributed by atoms with Crippen LogP contribution in [0.1, 0.15) is 30.0 Å². The number of aryl methyl sites for hydroxylation is 1. The van der Waals surface area contributed by atoms with Crippen molar-refractivity contribution in [2.45, 2.75) is 25.4 Å². The molecular formula is C25H20FN7O3. The summed E-state index contributed by atoms with van der Waals surface area (Å²) in [6.45, 7) is 0.562. The molecule has 10 nitrogen and oxygen atoms in total. The first-order chi connectivity index (χ1) is 17.6. The second-order valence-electron chi connectivity index (χ2n) is 8.53. The number of benzene rings is 2. The Balaban J connectivity index is 1.59. The fraction of sp³-hybridized carbons (Fsp3) is 0.240. The molecule has 0 radical (unpaired) electrons. The third-order valence-corrected chi connectivity index (χ3v) is 6.42. The van der Waals surface area contributed by atoms with E-state index in [2.05, 4.69) is 16.0 Å². The summed E-state index contributed by atoms with van der Waals surface area (Å²) in [5.74, 6) is 0.379. The first kappa shape index (κ1) is 21.9. The summed E-state index contributed by atoms with van der Waals surface area (Å²) in [7, 11) is 0. The number of fused-ring (bicyclic) bond motifs is 3. The van der Waals surface area contributed by atoms with Gasteiger partial charge in [0.2, 0.25) is 5.95 Å². The van der Waals surface area contributed by atoms with Crippen LogP contribution in [-0.4, -0.2) is 47.0 Å². The van der Waals surface area contributed by atoms with E-state index >= 15 is 0 Å². The maximum absolute atomic E-state index is 14.2. The molecule has 1 aliphatic rings. The fourth-order valence-electron chi connectivity index (χ4n) is 4.74. The molecule has 1 aliphatic heterocycles. The molecule has 0 saturated carbocycles. The minimum absolute atomic E-state index is 0.0778. The quantitative estimate of drug-likeness (QED) is 0.406. The summed E-state index contributed by atoms with van der Waals surface area (Å²) in [4.78, 5) is 27.3. The number of imidazole rings is 2. The van der Waals surface area contributed by atoms with E-state index in [1.54, 1.807) is 45.9 Å². The number of aliphatic hydroxyl groups is 1. The molecule has 5 aromatic rings. The molecule has 3 aromatic heterocycles. The second kappa shape index (κ2) is 8.58. The summed E-state index contributed by atoms with van der Waals surface area (Å²) < 4.78 is 24.7. The van der Waals surface area contributed by atoms with Crippen molar-refractivity contribution in [3.63, 3.8) is 0 Å². The van der Waals surface area contributed by atoms with Crippen LogP contribution in [0.4, 0.5) is 4.39 Å². The first-order valence-corrected chi connectivity index (χ1v) is 11.5. The zero-order chi connectivity index (χ0) is 24.8. The van der Waals surface area contributed by atoms with Crippen LogP contribution in [0.2, 0.25) is 0 Å². The molecule has 0 amide bonds. The van der Waals surface area contributed by atoms with Crippen LogP contribution in [0.5, 0.6) is 5.75 Å². The first-order valence-electron chi connectivity index (χ1n) is 11.5. The Morgan fingerprint density at radius 2 is 2.08 bits per heavy atom. The van der Waals surface area contributed by atoms with E-state index in [4.69, 9.17) is 9.72 Å². The summed E-state index contributed by atoms with van der Waals surface area (Å²) >= 11 is 0. The minimum Gasteiger partial charge on any atom is -0.493 e. The number of hydrogen-bond acceptors (Lipinski definition) is 7. The molecule has 0 unspecified atom stereocenters. The largest absolute Gasteiger partial charge is 0.493 e. The van der Waals surface area contributed by atoms with Crippen molar-refractivity contribution in [1.29, 1.82) is 5.26 Å². The highest BCUT2D eigenvalue weighted by Crippen LogP contribution is 2.36. The molecular weight excluding hydrogens is 465 g/mol. The summed E-state index contributed by atoms with van der Waals surface area (Å²) in [5.41, 5.74) is 2.92. The molecule has 36 heavy (non-hydrogen) atoms. The SMILES string of the molecule is N#Cc1ccc2ncn(-c3ncc4c(n3)n([C@@H]3CCOc5ccc(F)cc53)c(=O)n4CCCO)c2c1.